The van der Waals surface area contributed by atoms with Crippen molar-refractivity contribution in [3.63, 3.8) is 0 Å². The molecule has 0 amide bonds. The van der Waals surface area contributed by atoms with Crippen molar-refractivity contribution in [3.8, 4) is 0 Å². The predicted molar refractivity (Wildman–Crippen MR) is 77.6 cm³/mol. The zero-order valence-corrected chi connectivity index (χ0v) is 12.7. The first-order valence-electron chi connectivity index (χ1n) is 6.57. The van der Waals surface area contributed by atoms with E-state index in [0.29, 0.717) is 12.4 Å². The van der Waals surface area contributed by atoms with E-state index in [2.05, 4.69) is 10.1 Å². The lowest BCUT2D eigenvalue weighted by molar-refractivity contribution is -0.172. The summed E-state index contributed by atoms with van der Waals surface area (Å²) in [4.78, 5) is 1.02. The van der Waals surface area contributed by atoms with E-state index in [9.17, 15) is 13.2 Å². The monoisotopic (exact) mass is 323 g/mol. The van der Waals surface area contributed by atoms with Gasteiger partial charge >= 0.3 is 6.18 Å². The molecule has 0 aliphatic rings. The zero-order chi connectivity index (χ0) is 15.6. The first-order valence-corrected chi connectivity index (χ1v) is 7.56. The first-order chi connectivity index (χ1) is 10.0. The Morgan fingerprint density at radius 1 is 1.24 bits per heavy atom. The van der Waals surface area contributed by atoms with E-state index in [1.807, 2.05) is 24.3 Å². The van der Waals surface area contributed by atoms with Gasteiger partial charge in [0, 0.05) is 30.8 Å². The fraction of sp³-hybridized carbons (Fsp3) is 0.571. The van der Waals surface area contributed by atoms with Crippen LogP contribution in [0.25, 0.3) is 0 Å². The highest BCUT2D eigenvalue weighted by molar-refractivity contribution is 7.99. The summed E-state index contributed by atoms with van der Waals surface area (Å²) in [6.45, 7) is 1.07. The molecular formula is C14H20F3NO2S. The molecule has 1 rings (SSSR count). The molecule has 0 aliphatic heterocycles. The highest BCUT2D eigenvalue weighted by Gasteiger charge is 2.27. The second-order valence-electron chi connectivity index (χ2n) is 4.33. The van der Waals surface area contributed by atoms with Gasteiger partial charge in [0.05, 0.1) is 13.2 Å². The van der Waals surface area contributed by atoms with Gasteiger partial charge in [0.25, 0.3) is 0 Å². The first kappa shape index (κ1) is 18.3. The molecule has 0 saturated heterocycles. The molecule has 1 aromatic rings. The Morgan fingerprint density at radius 3 is 2.76 bits per heavy atom. The normalized spacial score (nSPS) is 11.8. The van der Waals surface area contributed by atoms with Crippen LogP contribution in [0.3, 0.4) is 0 Å². The number of thioether (sulfide) groups is 1. The minimum Gasteiger partial charge on any atom is -0.383 e. The Bertz CT molecular complexity index is 402. The third-order valence-corrected chi connectivity index (χ3v) is 3.43. The Kier molecular flexibility index (Phi) is 8.75. The van der Waals surface area contributed by atoms with Gasteiger partial charge in [-0.05, 0) is 17.7 Å². The van der Waals surface area contributed by atoms with Crippen LogP contribution in [0.2, 0.25) is 0 Å². The van der Waals surface area contributed by atoms with Crippen LogP contribution in [0, 0.1) is 0 Å². The molecule has 1 N–H and O–H groups in total. The number of methoxy groups -OCH3 is 1. The van der Waals surface area contributed by atoms with E-state index in [-0.39, 0.29) is 6.61 Å². The van der Waals surface area contributed by atoms with Crippen LogP contribution < -0.4 is 5.32 Å². The molecule has 3 nitrogen and oxygen atoms in total. The van der Waals surface area contributed by atoms with Gasteiger partial charge in [-0.3, -0.25) is 0 Å². The summed E-state index contributed by atoms with van der Waals surface area (Å²) in [6, 6.07) is 7.90. The third kappa shape index (κ3) is 9.73. The standard InChI is InChI=1S/C14H20F3NO2S/c1-19-6-5-18-10-12-3-2-4-13(9-12)21-8-7-20-11-14(15,16)17/h2-4,9,18H,5-8,10-11H2,1H3. The van der Waals surface area contributed by atoms with Crippen molar-refractivity contribution >= 4 is 11.8 Å². The number of benzene rings is 1. The van der Waals surface area contributed by atoms with Gasteiger partial charge < -0.3 is 14.8 Å². The van der Waals surface area contributed by atoms with Crippen LogP contribution in [0.1, 0.15) is 5.56 Å². The largest absolute Gasteiger partial charge is 0.411 e. The van der Waals surface area contributed by atoms with Crippen molar-refractivity contribution in [2.45, 2.75) is 17.6 Å². The smallest absolute Gasteiger partial charge is 0.383 e. The van der Waals surface area contributed by atoms with Crippen molar-refractivity contribution in [1.82, 2.24) is 5.32 Å². The Balaban J connectivity index is 2.23. The maximum atomic E-state index is 11.9. The van der Waals surface area contributed by atoms with Gasteiger partial charge in [-0.25, -0.2) is 0 Å². The molecule has 0 atom stereocenters. The SMILES string of the molecule is COCCNCc1cccc(SCCOCC(F)(F)F)c1. The molecule has 0 saturated carbocycles. The summed E-state index contributed by atoms with van der Waals surface area (Å²) in [6.07, 6.45) is -4.25. The van der Waals surface area contributed by atoms with E-state index < -0.39 is 12.8 Å². The van der Waals surface area contributed by atoms with Gasteiger partial charge in [-0.2, -0.15) is 13.2 Å². The number of alkyl halides is 3. The summed E-state index contributed by atoms with van der Waals surface area (Å²) in [5.41, 5.74) is 1.13. The number of hydrogen-bond donors (Lipinski definition) is 1. The lowest BCUT2D eigenvalue weighted by Crippen LogP contribution is -2.18. The lowest BCUT2D eigenvalue weighted by atomic mass is 10.2. The third-order valence-electron chi connectivity index (χ3n) is 2.47. The maximum absolute atomic E-state index is 11.9. The van der Waals surface area contributed by atoms with Gasteiger partial charge in [-0.15, -0.1) is 11.8 Å². The summed E-state index contributed by atoms with van der Waals surface area (Å²) >= 11 is 1.48. The van der Waals surface area contributed by atoms with Crippen LogP contribution in [0.15, 0.2) is 29.2 Å². The van der Waals surface area contributed by atoms with Crippen molar-refractivity contribution in [1.29, 1.82) is 0 Å². The maximum Gasteiger partial charge on any atom is 0.411 e. The van der Waals surface area contributed by atoms with E-state index in [0.717, 1.165) is 23.5 Å². The molecule has 0 radical (unpaired) electrons. The molecule has 0 aromatic heterocycles. The molecule has 0 bridgehead atoms. The van der Waals surface area contributed by atoms with Crippen LogP contribution in [-0.4, -0.2) is 45.4 Å². The number of rotatable bonds is 10. The van der Waals surface area contributed by atoms with Crippen LogP contribution in [0.4, 0.5) is 13.2 Å². The minimum absolute atomic E-state index is 0.0838. The molecule has 1 aromatic carbocycles. The molecule has 120 valence electrons. The Hall–Kier alpha value is -0.760. The fourth-order valence-electron chi connectivity index (χ4n) is 1.56. The van der Waals surface area contributed by atoms with Crippen LogP contribution in [-0.2, 0) is 16.0 Å². The number of ether oxygens (including phenoxy) is 2. The summed E-state index contributed by atoms with van der Waals surface area (Å²) in [7, 11) is 1.65. The van der Waals surface area contributed by atoms with E-state index in [1.54, 1.807) is 7.11 Å². The van der Waals surface area contributed by atoms with E-state index >= 15 is 0 Å². The number of nitrogens with one attached hydrogen (secondary N) is 1. The van der Waals surface area contributed by atoms with Crippen molar-refractivity contribution in [3.05, 3.63) is 29.8 Å². The molecular weight excluding hydrogens is 303 g/mol. The average molecular weight is 323 g/mol. The van der Waals surface area contributed by atoms with Crippen molar-refractivity contribution in [2.24, 2.45) is 0 Å². The highest BCUT2D eigenvalue weighted by Crippen LogP contribution is 2.20. The highest BCUT2D eigenvalue weighted by atomic mass is 32.2. The van der Waals surface area contributed by atoms with Crippen LogP contribution in [0.5, 0.6) is 0 Å². The summed E-state index contributed by atoms with van der Waals surface area (Å²) < 4.78 is 45.2. The van der Waals surface area contributed by atoms with Gasteiger partial charge in [-0.1, -0.05) is 12.1 Å². The summed E-state index contributed by atoms with van der Waals surface area (Å²) in [5, 5.41) is 3.24. The van der Waals surface area contributed by atoms with E-state index in [4.69, 9.17) is 4.74 Å². The second kappa shape index (κ2) is 10.0. The average Bonchev–Trinajstić information content (AvgIpc) is 2.42. The molecule has 0 heterocycles. The Labute approximate surface area is 127 Å². The molecule has 0 fully saturated rings. The topological polar surface area (TPSA) is 30.5 Å². The van der Waals surface area contributed by atoms with Gasteiger partial charge in [0.2, 0.25) is 0 Å². The van der Waals surface area contributed by atoms with Crippen molar-refractivity contribution in [2.75, 3.05) is 39.2 Å². The molecule has 21 heavy (non-hydrogen) atoms. The van der Waals surface area contributed by atoms with Gasteiger partial charge in [0.15, 0.2) is 0 Å². The minimum atomic E-state index is -4.25. The molecule has 0 aliphatic carbocycles. The van der Waals surface area contributed by atoms with Crippen LogP contribution >= 0.6 is 11.8 Å². The molecule has 0 spiro atoms. The predicted octanol–water partition coefficient (Wildman–Crippen LogP) is 3.09. The van der Waals surface area contributed by atoms with Gasteiger partial charge in [0.1, 0.15) is 6.61 Å². The second-order valence-corrected chi connectivity index (χ2v) is 5.50. The fourth-order valence-corrected chi connectivity index (χ4v) is 2.40. The quantitative estimate of drug-likeness (QED) is 0.529. The number of hydrogen-bond acceptors (Lipinski definition) is 4. The van der Waals surface area contributed by atoms with E-state index in [1.165, 1.54) is 11.8 Å². The lowest BCUT2D eigenvalue weighted by Gasteiger charge is -2.08. The summed E-state index contributed by atoms with van der Waals surface area (Å²) in [5.74, 6) is 0.497. The number of halogens is 3. The molecule has 0 unspecified atom stereocenters. The van der Waals surface area contributed by atoms with Crippen molar-refractivity contribution < 1.29 is 22.6 Å². The Morgan fingerprint density at radius 2 is 2.05 bits per heavy atom. The molecule has 7 heteroatoms. The zero-order valence-electron chi connectivity index (χ0n) is 11.9.